The number of benzene rings is 2. The Morgan fingerprint density at radius 3 is 2.39 bits per heavy atom. The van der Waals surface area contributed by atoms with E-state index in [1.807, 2.05) is 36.4 Å². The topological polar surface area (TPSA) is 92.2 Å². The fourth-order valence-corrected chi connectivity index (χ4v) is 5.26. The van der Waals surface area contributed by atoms with Crippen LogP contribution in [-0.2, 0) is 0 Å². The number of rotatable bonds is 5. The van der Waals surface area contributed by atoms with Crippen LogP contribution in [0.15, 0.2) is 77.6 Å². The first-order valence-corrected chi connectivity index (χ1v) is 11.6. The molecule has 2 aromatic carbocycles. The number of para-hydroxylation sites is 1. The first kappa shape index (κ1) is 21.1. The molecule has 0 spiro atoms. The number of pyridine rings is 1. The van der Waals surface area contributed by atoms with E-state index in [4.69, 9.17) is 0 Å². The molecule has 1 atom stereocenters. The number of hydrogen-bond acceptors (Lipinski definition) is 5. The van der Waals surface area contributed by atoms with E-state index in [9.17, 15) is 14.4 Å². The standard InChI is InChI=1S/C25H22N4O3S/c30-20-12-11-19-21(22(31)16-7-3-1-4-8-16)23(28-25(32)27-17-13-14-26-15-17)33-24(19)29(20)18-9-5-2-6-10-18/h1-12,17,26H,13-15H2,(H2,27,28,32)/t17-/m1/s1. The summed E-state index contributed by atoms with van der Waals surface area (Å²) in [6, 6.07) is 21.0. The number of carbonyl (C=O) groups excluding carboxylic acids is 2. The lowest BCUT2D eigenvalue weighted by Gasteiger charge is -2.12. The Labute approximate surface area is 194 Å². The van der Waals surface area contributed by atoms with Gasteiger partial charge in [0.15, 0.2) is 5.78 Å². The number of nitrogens with one attached hydrogen (secondary N) is 3. The fraction of sp³-hybridized carbons (Fsp3) is 0.160. The van der Waals surface area contributed by atoms with Crippen molar-refractivity contribution in [2.45, 2.75) is 12.5 Å². The predicted molar refractivity (Wildman–Crippen MR) is 131 cm³/mol. The van der Waals surface area contributed by atoms with Crippen LogP contribution in [0.5, 0.6) is 0 Å². The highest BCUT2D eigenvalue weighted by molar-refractivity contribution is 7.23. The van der Waals surface area contributed by atoms with E-state index in [0.29, 0.717) is 38.6 Å². The van der Waals surface area contributed by atoms with Crippen LogP contribution in [0.1, 0.15) is 22.3 Å². The number of aromatic nitrogens is 1. The average molecular weight is 459 g/mol. The highest BCUT2D eigenvalue weighted by atomic mass is 32.1. The Hall–Kier alpha value is -3.75. The Morgan fingerprint density at radius 1 is 0.970 bits per heavy atom. The maximum atomic E-state index is 13.5. The molecular formula is C25H22N4O3S. The van der Waals surface area contributed by atoms with Crippen molar-refractivity contribution in [1.82, 2.24) is 15.2 Å². The Balaban J connectivity index is 1.64. The van der Waals surface area contributed by atoms with Gasteiger partial charge in [0, 0.05) is 29.6 Å². The van der Waals surface area contributed by atoms with Crippen molar-refractivity contribution in [3.63, 3.8) is 0 Å². The van der Waals surface area contributed by atoms with E-state index in [0.717, 1.165) is 13.0 Å². The van der Waals surface area contributed by atoms with Crippen LogP contribution >= 0.6 is 11.3 Å². The van der Waals surface area contributed by atoms with E-state index >= 15 is 0 Å². The number of ketones is 1. The summed E-state index contributed by atoms with van der Waals surface area (Å²) in [6.07, 6.45) is 0.850. The molecule has 1 aliphatic rings. The number of nitrogens with zero attached hydrogens (tertiary/aromatic N) is 1. The normalized spacial score (nSPS) is 15.5. The largest absolute Gasteiger partial charge is 0.334 e. The number of hydrogen-bond donors (Lipinski definition) is 3. The van der Waals surface area contributed by atoms with Crippen LogP contribution < -0.4 is 21.5 Å². The van der Waals surface area contributed by atoms with Crippen LogP contribution in [0.25, 0.3) is 15.9 Å². The molecule has 3 heterocycles. The van der Waals surface area contributed by atoms with Crippen LogP contribution in [-0.4, -0.2) is 35.5 Å². The number of carbonyl (C=O) groups is 2. The molecule has 1 fully saturated rings. The second-order valence-corrected chi connectivity index (χ2v) is 8.85. The van der Waals surface area contributed by atoms with Crippen molar-refractivity contribution in [2.24, 2.45) is 0 Å². The molecule has 0 saturated carbocycles. The fourth-order valence-electron chi connectivity index (χ4n) is 4.05. The second-order valence-electron chi connectivity index (χ2n) is 7.85. The molecule has 1 saturated heterocycles. The molecule has 2 aromatic heterocycles. The third-order valence-corrected chi connectivity index (χ3v) is 6.75. The molecule has 166 valence electrons. The molecule has 7 nitrogen and oxygen atoms in total. The molecule has 33 heavy (non-hydrogen) atoms. The lowest BCUT2D eigenvalue weighted by molar-refractivity contribution is 0.104. The SMILES string of the molecule is O=C(Nc1sc2c(ccc(=O)n2-c2ccccc2)c1C(=O)c1ccccc1)N[C@@H]1CCNC1. The zero-order valence-corrected chi connectivity index (χ0v) is 18.5. The van der Waals surface area contributed by atoms with E-state index in [-0.39, 0.29) is 23.4 Å². The van der Waals surface area contributed by atoms with Crippen LogP contribution in [0.3, 0.4) is 0 Å². The summed E-state index contributed by atoms with van der Waals surface area (Å²) in [7, 11) is 0. The summed E-state index contributed by atoms with van der Waals surface area (Å²) in [5.41, 5.74) is 1.38. The molecule has 5 rings (SSSR count). The van der Waals surface area contributed by atoms with Gasteiger partial charge in [-0.3, -0.25) is 19.5 Å². The van der Waals surface area contributed by atoms with Crippen LogP contribution in [0.2, 0.25) is 0 Å². The number of urea groups is 1. The van der Waals surface area contributed by atoms with Gasteiger partial charge in [-0.2, -0.15) is 0 Å². The van der Waals surface area contributed by atoms with Crippen LogP contribution in [0, 0.1) is 0 Å². The third kappa shape index (κ3) is 4.18. The Bertz CT molecular complexity index is 1370. The van der Waals surface area contributed by atoms with E-state index < -0.39 is 0 Å². The average Bonchev–Trinajstić information content (AvgIpc) is 3.47. The summed E-state index contributed by atoms with van der Waals surface area (Å²) in [5.74, 6) is -0.210. The van der Waals surface area contributed by atoms with Gasteiger partial charge in [0.2, 0.25) is 0 Å². The van der Waals surface area contributed by atoms with Crippen molar-refractivity contribution in [1.29, 1.82) is 0 Å². The molecule has 3 N–H and O–H groups in total. The first-order chi connectivity index (χ1) is 16.1. The molecule has 2 amide bonds. The third-order valence-electron chi connectivity index (χ3n) is 5.64. The van der Waals surface area contributed by atoms with Gasteiger partial charge in [0.05, 0.1) is 11.3 Å². The lowest BCUT2D eigenvalue weighted by atomic mass is 10.0. The maximum absolute atomic E-state index is 13.5. The smallest absolute Gasteiger partial charge is 0.320 e. The van der Waals surface area contributed by atoms with Gasteiger partial charge in [0.25, 0.3) is 5.56 Å². The Morgan fingerprint density at radius 2 is 1.70 bits per heavy atom. The monoisotopic (exact) mass is 458 g/mol. The van der Waals surface area contributed by atoms with Gasteiger partial charge in [0.1, 0.15) is 9.83 Å². The molecule has 0 radical (unpaired) electrons. The van der Waals surface area contributed by atoms with E-state index in [2.05, 4.69) is 16.0 Å². The van der Waals surface area contributed by atoms with Crippen molar-refractivity contribution in [2.75, 3.05) is 18.4 Å². The number of fused-ring (bicyclic) bond motifs is 1. The van der Waals surface area contributed by atoms with Gasteiger partial charge < -0.3 is 10.6 Å². The zero-order chi connectivity index (χ0) is 22.8. The first-order valence-electron chi connectivity index (χ1n) is 10.7. The van der Waals surface area contributed by atoms with Gasteiger partial charge in [-0.05, 0) is 31.2 Å². The van der Waals surface area contributed by atoms with Gasteiger partial charge in [-0.15, -0.1) is 0 Å². The Kier molecular flexibility index (Phi) is 5.77. The zero-order valence-electron chi connectivity index (χ0n) is 17.7. The molecule has 4 aromatic rings. The minimum Gasteiger partial charge on any atom is -0.334 e. The summed E-state index contributed by atoms with van der Waals surface area (Å²) in [5, 5.41) is 10.1. The molecule has 1 aliphatic heterocycles. The molecular weight excluding hydrogens is 436 g/mol. The van der Waals surface area contributed by atoms with E-state index in [1.165, 1.54) is 17.4 Å². The highest BCUT2D eigenvalue weighted by Crippen LogP contribution is 2.37. The van der Waals surface area contributed by atoms with Crippen molar-refractivity contribution >= 4 is 38.4 Å². The minimum atomic E-state index is -0.369. The number of anilines is 1. The van der Waals surface area contributed by atoms with E-state index in [1.54, 1.807) is 34.9 Å². The second kappa shape index (κ2) is 9.01. The quantitative estimate of drug-likeness (QED) is 0.397. The summed E-state index contributed by atoms with van der Waals surface area (Å²) >= 11 is 1.22. The lowest BCUT2D eigenvalue weighted by Crippen LogP contribution is -2.39. The van der Waals surface area contributed by atoms with Gasteiger partial charge in [-0.25, -0.2) is 4.79 Å². The van der Waals surface area contributed by atoms with Crippen molar-refractivity contribution < 1.29 is 9.59 Å². The minimum absolute atomic E-state index is 0.0372. The van der Waals surface area contributed by atoms with Gasteiger partial charge >= 0.3 is 6.03 Å². The number of amides is 2. The highest BCUT2D eigenvalue weighted by Gasteiger charge is 2.25. The van der Waals surface area contributed by atoms with Gasteiger partial charge in [-0.1, -0.05) is 59.9 Å². The number of thiophene rings is 1. The molecule has 8 heteroatoms. The van der Waals surface area contributed by atoms with Crippen LogP contribution in [0.4, 0.5) is 9.80 Å². The molecule has 0 unspecified atom stereocenters. The summed E-state index contributed by atoms with van der Waals surface area (Å²) in [6.45, 7) is 1.57. The molecule has 0 bridgehead atoms. The predicted octanol–water partition coefficient (Wildman–Crippen LogP) is 3.77. The molecule has 0 aliphatic carbocycles. The summed E-state index contributed by atoms with van der Waals surface area (Å²) < 4.78 is 1.58. The van der Waals surface area contributed by atoms with Crippen molar-refractivity contribution in [3.8, 4) is 5.69 Å². The maximum Gasteiger partial charge on any atom is 0.320 e. The van der Waals surface area contributed by atoms with Crippen molar-refractivity contribution in [3.05, 3.63) is 94.3 Å². The summed E-state index contributed by atoms with van der Waals surface area (Å²) in [4.78, 5) is 39.7.